The van der Waals surface area contributed by atoms with E-state index in [1.807, 2.05) is 41.3 Å². The smallest absolute Gasteiger partial charge is 0.273 e. The van der Waals surface area contributed by atoms with Crippen LogP contribution in [0.5, 0.6) is 5.75 Å². The zero-order valence-electron chi connectivity index (χ0n) is 20.2. The van der Waals surface area contributed by atoms with Crippen LogP contribution in [0.15, 0.2) is 48.5 Å². The molecular weight excluding hydrogens is 424 g/mol. The number of amides is 1. The fourth-order valence-electron chi connectivity index (χ4n) is 6.22. The summed E-state index contributed by atoms with van der Waals surface area (Å²) in [4.78, 5) is 18.6. The number of carbonyl (C=O) groups excluding carboxylic acids is 1. The monoisotopic (exact) mass is 460 g/mol. The number of amidine groups is 1. The standard InChI is InChI=1S/C28H36N4O2/c1-18-7-5-8-19(2)31(18)17-20-13-14-23(15-20)32-24-11-3-4-12-25(24)34-26(28(32)33)21-9-6-10-22(16-21)27(29)30/h3-4,6,9-12,16,18-20,23,26H,5,7-8,13-15,17H2,1-2H3,(H3,29,30)/t18-,19+,20?,23?,26?. The second-order valence-electron chi connectivity index (χ2n) is 10.4. The SMILES string of the molecule is C[C@@H]1CCC[C@H](C)N1CC1CCC(N2C(=O)C(c3cccc(C(=N)N)c3)Oc3ccccc32)C1. The van der Waals surface area contributed by atoms with Crippen LogP contribution in [-0.2, 0) is 4.79 Å². The van der Waals surface area contributed by atoms with Gasteiger partial charge in [0.2, 0.25) is 6.10 Å². The van der Waals surface area contributed by atoms with Crippen LogP contribution in [0.4, 0.5) is 5.69 Å². The first-order valence-corrected chi connectivity index (χ1v) is 12.7. The van der Waals surface area contributed by atoms with Crippen molar-refractivity contribution in [2.75, 3.05) is 11.4 Å². The van der Waals surface area contributed by atoms with Crippen molar-refractivity contribution in [1.82, 2.24) is 4.90 Å². The Morgan fingerprint density at radius 1 is 1.06 bits per heavy atom. The number of piperidine rings is 1. The predicted molar refractivity (Wildman–Crippen MR) is 135 cm³/mol. The highest BCUT2D eigenvalue weighted by Gasteiger charge is 2.42. The lowest BCUT2D eigenvalue weighted by Gasteiger charge is -2.41. The Morgan fingerprint density at radius 2 is 1.82 bits per heavy atom. The number of anilines is 1. The molecular formula is C28H36N4O2. The van der Waals surface area contributed by atoms with E-state index in [4.69, 9.17) is 15.9 Å². The molecule has 2 heterocycles. The van der Waals surface area contributed by atoms with Gasteiger partial charge in [-0.05, 0) is 70.1 Å². The molecule has 1 saturated carbocycles. The first-order chi connectivity index (χ1) is 16.4. The maximum absolute atomic E-state index is 13.9. The van der Waals surface area contributed by atoms with E-state index in [1.165, 1.54) is 19.3 Å². The van der Waals surface area contributed by atoms with E-state index in [9.17, 15) is 4.79 Å². The van der Waals surface area contributed by atoms with E-state index in [0.29, 0.717) is 23.6 Å². The van der Waals surface area contributed by atoms with Gasteiger partial charge in [0.25, 0.3) is 5.91 Å². The second-order valence-corrected chi connectivity index (χ2v) is 10.4. The van der Waals surface area contributed by atoms with Crippen LogP contribution >= 0.6 is 0 Å². The maximum Gasteiger partial charge on any atom is 0.273 e. The van der Waals surface area contributed by atoms with E-state index >= 15 is 0 Å². The number of hydrogen-bond acceptors (Lipinski definition) is 4. The Labute approximate surface area is 202 Å². The van der Waals surface area contributed by atoms with Gasteiger partial charge in [-0.1, -0.05) is 36.8 Å². The first kappa shape index (κ1) is 22.9. The molecule has 0 radical (unpaired) electrons. The molecule has 1 aliphatic carbocycles. The lowest BCUT2D eigenvalue weighted by Crippen LogP contribution is -2.47. The van der Waals surface area contributed by atoms with Crippen LogP contribution in [0, 0.1) is 11.3 Å². The third-order valence-electron chi connectivity index (χ3n) is 8.06. The molecule has 3 N–H and O–H groups in total. The number of nitrogens with zero attached hydrogens (tertiary/aromatic N) is 2. The number of rotatable bonds is 5. The fraction of sp³-hybridized carbons (Fsp3) is 0.500. The van der Waals surface area contributed by atoms with Gasteiger partial charge in [0.05, 0.1) is 5.69 Å². The highest BCUT2D eigenvalue weighted by atomic mass is 16.5. The molecule has 1 amide bonds. The third-order valence-corrected chi connectivity index (χ3v) is 8.06. The minimum atomic E-state index is -0.726. The molecule has 3 unspecified atom stereocenters. The van der Waals surface area contributed by atoms with Crippen molar-refractivity contribution >= 4 is 17.4 Å². The Hall–Kier alpha value is -2.86. The normalized spacial score (nSPS) is 29.5. The van der Waals surface area contributed by atoms with E-state index < -0.39 is 6.10 Å². The topological polar surface area (TPSA) is 82.7 Å². The molecule has 34 heavy (non-hydrogen) atoms. The molecule has 5 atom stereocenters. The predicted octanol–water partition coefficient (Wildman–Crippen LogP) is 4.87. The summed E-state index contributed by atoms with van der Waals surface area (Å²) in [6.07, 6.45) is 6.37. The highest BCUT2D eigenvalue weighted by molar-refractivity contribution is 6.01. The Balaban J connectivity index is 1.39. The first-order valence-electron chi connectivity index (χ1n) is 12.7. The molecule has 0 spiro atoms. The van der Waals surface area contributed by atoms with Gasteiger partial charge >= 0.3 is 0 Å². The number of ether oxygens (including phenoxy) is 1. The van der Waals surface area contributed by atoms with Crippen LogP contribution in [0.2, 0.25) is 0 Å². The number of nitrogens with two attached hydrogens (primary N) is 1. The summed E-state index contributed by atoms with van der Waals surface area (Å²) in [7, 11) is 0. The van der Waals surface area contributed by atoms with Crippen molar-refractivity contribution in [2.45, 2.75) is 76.6 Å². The summed E-state index contributed by atoms with van der Waals surface area (Å²) in [5.74, 6) is 1.31. The Morgan fingerprint density at radius 3 is 2.59 bits per heavy atom. The lowest BCUT2D eigenvalue weighted by atomic mass is 9.95. The zero-order valence-corrected chi connectivity index (χ0v) is 20.2. The summed E-state index contributed by atoms with van der Waals surface area (Å²) in [5.41, 5.74) is 7.92. The van der Waals surface area contributed by atoms with Crippen molar-refractivity contribution in [3.05, 3.63) is 59.7 Å². The van der Waals surface area contributed by atoms with Crippen LogP contribution in [-0.4, -0.2) is 41.3 Å². The van der Waals surface area contributed by atoms with Gasteiger partial charge in [-0.3, -0.25) is 15.1 Å². The second kappa shape index (κ2) is 9.41. The molecule has 6 nitrogen and oxygen atoms in total. The minimum absolute atomic E-state index is 0.0119. The number of carbonyl (C=O) groups is 1. The Bertz CT molecular complexity index is 1060. The molecule has 1 saturated heterocycles. The molecule has 5 rings (SSSR count). The van der Waals surface area contributed by atoms with Gasteiger partial charge in [0.1, 0.15) is 11.6 Å². The highest BCUT2D eigenvalue weighted by Crippen LogP contribution is 2.44. The minimum Gasteiger partial charge on any atom is -0.474 e. The van der Waals surface area contributed by atoms with Crippen molar-refractivity contribution in [2.24, 2.45) is 11.7 Å². The zero-order chi connectivity index (χ0) is 23.8. The van der Waals surface area contributed by atoms with Gasteiger partial charge in [-0.25, -0.2) is 0 Å². The summed E-state index contributed by atoms with van der Waals surface area (Å²) >= 11 is 0. The van der Waals surface area contributed by atoms with Crippen molar-refractivity contribution in [3.63, 3.8) is 0 Å². The third kappa shape index (κ3) is 4.31. The number of likely N-dealkylation sites (tertiary alicyclic amines) is 1. The van der Waals surface area contributed by atoms with E-state index in [1.54, 1.807) is 12.1 Å². The number of hydrogen-bond donors (Lipinski definition) is 2. The van der Waals surface area contributed by atoms with Crippen LogP contribution in [0.1, 0.15) is 69.6 Å². The molecule has 3 aliphatic rings. The molecule has 180 valence electrons. The largest absolute Gasteiger partial charge is 0.474 e. The average molecular weight is 461 g/mol. The number of nitrogens with one attached hydrogen (secondary N) is 1. The fourth-order valence-corrected chi connectivity index (χ4v) is 6.22. The lowest BCUT2D eigenvalue weighted by molar-refractivity contribution is -0.127. The van der Waals surface area contributed by atoms with Gasteiger partial charge < -0.3 is 15.4 Å². The molecule has 2 aromatic rings. The van der Waals surface area contributed by atoms with Crippen LogP contribution in [0.25, 0.3) is 0 Å². The average Bonchev–Trinajstić information content (AvgIpc) is 3.29. The summed E-state index contributed by atoms with van der Waals surface area (Å²) < 4.78 is 6.22. The van der Waals surface area contributed by atoms with Crippen molar-refractivity contribution in [3.8, 4) is 5.75 Å². The van der Waals surface area contributed by atoms with E-state index in [0.717, 1.165) is 42.8 Å². The van der Waals surface area contributed by atoms with Gasteiger partial charge in [0, 0.05) is 35.8 Å². The summed E-state index contributed by atoms with van der Waals surface area (Å²) in [5, 5.41) is 7.78. The number of benzene rings is 2. The number of para-hydroxylation sites is 2. The van der Waals surface area contributed by atoms with Gasteiger partial charge in [-0.2, -0.15) is 0 Å². The van der Waals surface area contributed by atoms with Crippen LogP contribution < -0.4 is 15.4 Å². The van der Waals surface area contributed by atoms with Gasteiger partial charge in [-0.15, -0.1) is 0 Å². The quantitative estimate of drug-likeness (QED) is 0.493. The Kier molecular flexibility index (Phi) is 6.34. The van der Waals surface area contributed by atoms with Crippen LogP contribution in [0.3, 0.4) is 0 Å². The van der Waals surface area contributed by atoms with Crippen molar-refractivity contribution < 1.29 is 9.53 Å². The van der Waals surface area contributed by atoms with Crippen molar-refractivity contribution in [1.29, 1.82) is 5.41 Å². The van der Waals surface area contributed by atoms with Gasteiger partial charge in [0.15, 0.2) is 0 Å². The summed E-state index contributed by atoms with van der Waals surface area (Å²) in [6.45, 7) is 5.86. The summed E-state index contributed by atoms with van der Waals surface area (Å²) in [6, 6.07) is 16.6. The molecule has 2 aliphatic heterocycles. The number of nitrogen functional groups attached to an aromatic ring is 1. The molecule has 0 aromatic heterocycles. The number of fused-ring (bicyclic) bond motifs is 1. The van der Waals surface area contributed by atoms with E-state index in [2.05, 4.69) is 18.7 Å². The van der Waals surface area contributed by atoms with E-state index in [-0.39, 0.29) is 17.8 Å². The molecule has 0 bridgehead atoms. The molecule has 6 heteroatoms. The molecule has 2 fully saturated rings. The maximum atomic E-state index is 13.9. The molecule has 2 aromatic carbocycles.